The van der Waals surface area contributed by atoms with Crippen molar-refractivity contribution in [2.45, 2.75) is 20.0 Å². The van der Waals surface area contributed by atoms with Crippen molar-refractivity contribution in [1.82, 2.24) is 10.3 Å². The van der Waals surface area contributed by atoms with Crippen molar-refractivity contribution >= 4 is 0 Å². The fourth-order valence-corrected chi connectivity index (χ4v) is 1.82. The van der Waals surface area contributed by atoms with Crippen LogP contribution in [0.4, 0.5) is 0 Å². The molecule has 18 heavy (non-hydrogen) atoms. The molecule has 0 saturated heterocycles. The number of methoxy groups -OCH3 is 1. The van der Waals surface area contributed by atoms with Crippen LogP contribution in [0.2, 0.25) is 0 Å². The highest BCUT2D eigenvalue weighted by molar-refractivity contribution is 5.28. The predicted octanol–water partition coefficient (Wildman–Crippen LogP) is 2.69. The first-order chi connectivity index (χ1) is 8.79. The predicted molar refractivity (Wildman–Crippen MR) is 72.5 cm³/mol. The van der Waals surface area contributed by atoms with Crippen molar-refractivity contribution in [1.29, 1.82) is 0 Å². The van der Waals surface area contributed by atoms with Crippen LogP contribution in [0.3, 0.4) is 0 Å². The molecule has 1 heterocycles. The maximum Gasteiger partial charge on any atom is 0.119 e. The largest absolute Gasteiger partial charge is 0.497 e. The SMILES string of the molecule is COc1cccc(CNCc2ccncc2C)c1. The third-order valence-electron chi connectivity index (χ3n) is 2.92. The molecule has 0 aliphatic heterocycles. The summed E-state index contributed by atoms with van der Waals surface area (Å²) in [7, 11) is 1.69. The maximum atomic E-state index is 5.20. The number of pyridine rings is 1. The Labute approximate surface area is 108 Å². The number of rotatable bonds is 5. The van der Waals surface area contributed by atoms with E-state index in [1.807, 2.05) is 36.7 Å². The molecule has 0 aliphatic rings. The standard InChI is InChI=1S/C15H18N2O/c1-12-9-16-7-6-14(12)11-17-10-13-4-3-5-15(8-13)18-2/h3-9,17H,10-11H2,1-2H3. The lowest BCUT2D eigenvalue weighted by Gasteiger charge is -2.08. The Balaban J connectivity index is 1.90. The monoisotopic (exact) mass is 242 g/mol. The fourth-order valence-electron chi connectivity index (χ4n) is 1.82. The van der Waals surface area contributed by atoms with Crippen LogP contribution in [0, 0.1) is 6.92 Å². The minimum atomic E-state index is 0.832. The summed E-state index contributed by atoms with van der Waals surface area (Å²) >= 11 is 0. The van der Waals surface area contributed by atoms with Crippen LogP contribution in [-0.2, 0) is 13.1 Å². The van der Waals surface area contributed by atoms with Crippen LogP contribution in [0.15, 0.2) is 42.7 Å². The van der Waals surface area contributed by atoms with E-state index in [1.54, 1.807) is 7.11 Å². The van der Waals surface area contributed by atoms with E-state index < -0.39 is 0 Å². The summed E-state index contributed by atoms with van der Waals surface area (Å²) in [4.78, 5) is 4.09. The molecular weight excluding hydrogens is 224 g/mol. The van der Waals surface area contributed by atoms with Gasteiger partial charge < -0.3 is 10.1 Å². The number of hydrogen-bond acceptors (Lipinski definition) is 3. The smallest absolute Gasteiger partial charge is 0.119 e. The molecule has 1 aromatic heterocycles. The lowest BCUT2D eigenvalue weighted by molar-refractivity contribution is 0.414. The minimum Gasteiger partial charge on any atom is -0.497 e. The van der Waals surface area contributed by atoms with Gasteiger partial charge in [-0.3, -0.25) is 4.98 Å². The summed E-state index contributed by atoms with van der Waals surface area (Å²) in [5.41, 5.74) is 3.73. The van der Waals surface area contributed by atoms with Crippen LogP contribution < -0.4 is 10.1 Å². The lowest BCUT2D eigenvalue weighted by Crippen LogP contribution is -2.13. The molecule has 3 heteroatoms. The van der Waals surface area contributed by atoms with Gasteiger partial charge in [-0.25, -0.2) is 0 Å². The topological polar surface area (TPSA) is 34.1 Å². The number of ether oxygens (including phenoxy) is 1. The fraction of sp³-hybridized carbons (Fsp3) is 0.267. The third-order valence-corrected chi connectivity index (χ3v) is 2.92. The van der Waals surface area contributed by atoms with Crippen LogP contribution in [0.25, 0.3) is 0 Å². The molecule has 0 aliphatic carbocycles. The second-order valence-electron chi connectivity index (χ2n) is 4.26. The van der Waals surface area contributed by atoms with Gasteiger partial charge in [0, 0.05) is 25.5 Å². The van der Waals surface area contributed by atoms with Gasteiger partial charge in [0.2, 0.25) is 0 Å². The Hall–Kier alpha value is -1.87. The van der Waals surface area contributed by atoms with E-state index >= 15 is 0 Å². The van der Waals surface area contributed by atoms with Crippen molar-refractivity contribution in [3.05, 3.63) is 59.4 Å². The normalized spacial score (nSPS) is 10.3. The first-order valence-corrected chi connectivity index (χ1v) is 6.03. The zero-order valence-electron chi connectivity index (χ0n) is 10.8. The first-order valence-electron chi connectivity index (χ1n) is 6.03. The van der Waals surface area contributed by atoms with Crippen molar-refractivity contribution in [2.24, 2.45) is 0 Å². The number of hydrogen-bond donors (Lipinski definition) is 1. The molecule has 1 N–H and O–H groups in total. The van der Waals surface area contributed by atoms with E-state index in [9.17, 15) is 0 Å². The molecule has 1 aromatic carbocycles. The quantitative estimate of drug-likeness (QED) is 0.875. The number of nitrogens with one attached hydrogen (secondary N) is 1. The van der Waals surface area contributed by atoms with Crippen LogP contribution in [-0.4, -0.2) is 12.1 Å². The molecular formula is C15H18N2O. The number of nitrogens with zero attached hydrogens (tertiary/aromatic N) is 1. The van der Waals surface area contributed by atoms with Gasteiger partial charge in [0.15, 0.2) is 0 Å². The van der Waals surface area contributed by atoms with Crippen molar-refractivity contribution in [3.8, 4) is 5.75 Å². The van der Waals surface area contributed by atoms with E-state index in [1.165, 1.54) is 16.7 Å². The molecule has 0 fully saturated rings. The molecule has 0 atom stereocenters. The Morgan fingerprint density at radius 1 is 1.22 bits per heavy atom. The van der Waals surface area contributed by atoms with Gasteiger partial charge in [0.05, 0.1) is 7.11 Å². The molecule has 2 aromatic rings. The molecule has 0 bridgehead atoms. The summed E-state index contributed by atoms with van der Waals surface area (Å²) in [6, 6.07) is 10.2. The molecule has 0 spiro atoms. The minimum absolute atomic E-state index is 0.832. The van der Waals surface area contributed by atoms with Crippen molar-refractivity contribution in [3.63, 3.8) is 0 Å². The van der Waals surface area contributed by atoms with Gasteiger partial charge in [-0.15, -0.1) is 0 Å². The summed E-state index contributed by atoms with van der Waals surface area (Å²) in [6.07, 6.45) is 3.72. The summed E-state index contributed by atoms with van der Waals surface area (Å²) in [5.74, 6) is 0.898. The Kier molecular flexibility index (Phi) is 4.31. The lowest BCUT2D eigenvalue weighted by atomic mass is 10.1. The van der Waals surface area contributed by atoms with Crippen LogP contribution in [0.1, 0.15) is 16.7 Å². The molecule has 94 valence electrons. The van der Waals surface area contributed by atoms with Gasteiger partial charge in [-0.2, -0.15) is 0 Å². The van der Waals surface area contributed by atoms with E-state index in [4.69, 9.17) is 4.74 Å². The Morgan fingerprint density at radius 3 is 2.89 bits per heavy atom. The van der Waals surface area contributed by atoms with E-state index in [0.29, 0.717) is 0 Å². The molecule has 0 radical (unpaired) electrons. The summed E-state index contributed by atoms with van der Waals surface area (Å²) < 4.78 is 5.20. The number of aromatic nitrogens is 1. The highest BCUT2D eigenvalue weighted by Crippen LogP contribution is 2.12. The Morgan fingerprint density at radius 2 is 2.11 bits per heavy atom. The summed E-state index contributed by atoms with van der Waals surface area (Å²) in [5, 5.41) is 3.43. The van der Waals surface area contributed by atoms with E-state index in [2.05, 4.69) is 23.3 Å². The Bertz CT molecular complexity index is 511. The second kappa shape index (κ2) is 6.17. The summed E-state index contributed by atoms with van der Waals surface area (Å²) in [6.45, 7) is 3.76. The third kappa shape index (κ3) is 3.31. The zero-order valence-corrected chi connectivity index (χ0v) is 10.8. The van der Waals surface area contributed by atoms with Crippen molar-refractivity contribution < 1.29 is 4.74 Å². The van der Waals surface area contributed by atoms with Crippen LogP contribution >= 0.6 is 0 Å². The zero-order chi connectivity index (χ0) is 12.8. The highest BCUT2D eigenvalue weighted by atomic mass is 16.5. The van der Waals surface area contributed by atoms with E-state index in [-0.39, 0.29) is 0 Å². The molecule has 2 rings (SSSR count). The van der Waals surface area contributed by atoms with Gasteiger partial charge in [-0.1, -0.05) is 12.1 Å². The molecule has 0 saturated carbocycles. The molecule has 0 amide bonds. The average molecular weight is 242 g/mol. The second-order valence-corrected chi connectivity index (χ2v) is 4.26. The van der Waals surface area contributed by atoms with Gasteiger partial charge in [-0.05, 0) is 41.8 Å². The number of aryl methyl sites for hydroxylation is 1. The maximum absolute atomic E-state index is 5.20. The molecule has 3 nitrogen and oxygen atoms in total. The van der Waals surface area contributed by atoms with Crippen molar-refractivity contribution in [2.75, 3.05) is 7.11 Å². The molecule has 0 unspecified atom stereocenters. The average Bonchev–Trinajstić information content (AvgIpc) is 2.41. The van der Waals surface area contributed by atoms with E-state index in [0.717, 1.165) is 18.8 Å². The number of benzene rings is 1. The van der Waals surface area contributed by atoms with Crippen LogP contribution in [0.5, 0.6) is 5.75 Å². The van der Waals surface area contributed by atoms with Gasteiger partial charge >= 0.3 is 0 Å². The van der Waals surface area contributed by atoms with Gasteiger partial charge in [0.1, 0.15) is 5.75 Å². The first kappa shape index (κ1) is 12.6. The van der Waals surface area contributed by atoms with Gasteiger partial charge in [0.25, 0.3) is 0 Å². The highest BCUT2D eigenvalue weighted by Gasteiger charge is 1.98.